The van der Waals surface area contributed by atoms with Gasteiger partial charge in [0.2, 0.25) is 5.88 Å². The van der Waals surface area contributed by atoms with Crippen LogP contribution in [0, 0.1) is 0 Å². The van der Waals surface area contributed by atoms with Gasteiger partial charge < -0.3 is 19.9 Å². The van der Waals surface area contributed by atoms with Gasteiger partial charge in [-0.25, -0.2) is 9.78 Å². The zero-order chi connectivity index (χ0) is 21.3. The lowest BCUT2D eigenvalue weighted by molar-refractivity contribution is -0.139. The zero-order valence-corrected chi connectivity index (χ0v) is 17.8. The largest absolute Gasteiger partial charge is 0.496 e. The second-order valence-electron chi connectivity index (χ2n) is 7.70. The zero-order valence-electron chi connectivity index (χ0n) is 17.8. The van der Waals surface area contributed by atoms with Crippen molar-refractivity contribution in [1.82, 2.24) is 4.98 Å². The highest BCUT2D eigenvalue weighted by molar-refractivity contribution is 5.93. The van der Waals surface area contributed by atoms with Crippen LogP contribution in [0.25, 0.3) is 0 Å². The number of fused-ring (bicyclic) bond motifs is 2. The number of carbonyl (C=O) groups excluding carboxylic acids is 1. The normalized spacial score (nSPS) is 18.0. The van der Waals surface area contributed by atoms with Crippen LogP contribution in [0.2, 0.25) is 0 Å². The fraction of sp³-hybridized carbons (Fsp3) is 0.417. The lowest BCUT2D eigenvalue weighted by Gasteiger charge is -2.31. The maximum absolute atomic E-state index is 13.0. The molecule has 6 heteroatoms. The van der Waals surface area contributed by atoms with Crippen molar-refractivity contribution in [2.75, 3.05) is 19.5 Å². The number of benzene rings is 1. The summed E-state index contributed by atoms with van der Waals surface area (Å²) in [5, 5.41) is 0. The minimum Gasteiger partial charge on any atom is -0.496 e. The van der Waals surface area contributed by atoms with Gasteiger partial charge in [-0.2, -0.15) is 0 Å². The summed E-state index contributed by atoms with van der Waals surface area (Å²) in [6, 6.07) is 7.67. The number of anilines is 1. The molecule has 0 fully saturated rings. The number of aromatic nitrogens is 1. The van der Waals surface area contributed by atoms with E-state index in [2.05, 4.69) is 0 Å². The molecule has 2 N–H and O–H groups in total. The van der Waals surface area contributed by atoms with Gasteiger partial charge >= 0.3 is 5.97 Å². The minimum absolute atomic E-state index is 0.277. The number of carbonyl (C=O) groups is 1. The highest BCUT2D eigenvalue weighted by Gasteiger charge is 2.39. The number of aryl methyl sites for hydroxylation is 1. The Kier molecular flexibility index (Phi) is 5.66. The van der Waals surface area contributed by atoms with Crippen LogP contribution in [0.3, 0.4) is 0 Å². The average molecular weight is 408 g/mol. The molecular weight excluding hydrogens is 380 g/mol. The Morgan fingerprint density at radius 1 is 1.23 bits per heavy atom. The number of nitrogens with two attached hydrogens (primary N) is 1. The van der Waals surface area contributed by atoms with Gasteiger partial charge in [-0.3, -0.25) is 0 Å². The summed E-state index contributed by atoms with van der Waals surface area (Å²) in [5.74, 6) is 0.766. The molecule has 0 amide bonds. The number of methoxy groups -OCH3 is 1. The number of allylic oxidation sites excluding steroid dienone is 1. The standard InChI is InChI=1S/C24H28N2O4/c1-4-29-24(27)19-14(2)30-23-21(20(19)16-11-8-9-13-18(16)28-3)22(25)15-10-6-5-7-12-17(15)26-23/h8-9,11,13,20H,4-7,10,12H2,1-3H3,(H2,25,26)/t20-/m0/s1. The fourth-order valence-corrected chi connectivity index (χ4v) is 4.53. The van der Waals surface area contributed by atoms with Crippen molar-refractivity contribution in [3.63, 3.8) is 0 Å². The molecule has 1 atom stereocenters. The fourth-order valence-electron chi connectivity index (χ4n) is 4.53. The molecule has 2 aromatic rings. The third kappa shape index (κ3) is 3.40. The molecule has 1 aromatic heterocycles. The number of nitrogens with zero attached hydrogens (tertiary/aromatic N) is 1. The lowest BCUT2D eigenvalue weighted by atomic mass is 9.80. The Hall–Kier alpha value is -3.02. The average Bonchev–Trinajstić information content (AvgIpc) is 2.98. The van der Waals surface area contributed by atoms with Crippen LogP contribution in [-0.2, 0) is 22.4 Å². The quantitative estimate of drug-likeness (QED) is 0.600. The Morgan fingerprint density at radius 2 is 2.00 bits per heavy atom. The molecule has 2 heterocycles. The molecule has 4 rings (SSSR count). The predicted octanol–water partition coefficient (Wildman–Crippen LogP) is 4.30. The number of hydrogen-bond acceptors (Lipinski definition) is 6. The molecule has 0 bridgehead atoms. The van der Waals surface area contributed by atoms with Crippen molar-refractivity contribution in [3.8, 4) is 11.6 Å². The van der Waals surface area contributed by atoms with E-state index in [1.807, 2.05) is 24.3 Å². The minimum atomic E-state index is -0.468. The van der Waals surface area contributed by atoms with Gasteiger partial charge in [0.1, 0.15) is 11.5 Å². The number of nitrogen functional groups attached to an aromatic ring is 1. The van der Waals surface area contributed by atoms with Crippen molar-refractivity contribution in [2.45, 2.75) is 51.9 Å². The van der Waals surface area contributed by atoms with Crippen molar-refractivity contribution in [1.29, 1.82) is 0 Å². The van der Waals surface area contributed by atoms with Crippen molar-refractivity contribution in [2.24, 2.45) is 0 Å². The van der Waals surface area contributed by atoms with Gasteiger partial charge in [0, 0.05) is 16.9 Å². The second-order valence-corrected chi connectivity index (χ2v) is 7.70. The third-order valence-electron chi connectivity index (χ3n) is 5.92. The van der Waals surface area contributed by atoms with Gasteiger partial charge in [-0.1, -0.05) is 24.6 Å². The van der Waals surface area contributed by atoms with Crippen LogP contribution in [0.4, 0.5) is 5.69 Å². The first-order chi connectivity index (χ1) is 14.6. The first-order valence-corrected chi connectivity index (χ1v) is 10.6. The molecule has 1 aliphatic carbocycles. The van der Waals surface area contributed by atoms with E-state index in [9.17, 15) is 4.79 Å². The molecule has 30 heavy (non-hydrogen) atoms. The van der Waals surface area contributed by atoms with Crippen LogP contribution in [0.15, 0.2) is 35.6 Å². The molecule has 0 unspecified atom stereocenters. The lowest BCUT2D eigenvalue weighted by Crippen LogP contribution is -2.26. The van der Waals surface area contributed by atoms with Crippen molar-refractivity contribution in [3.05, 3.63) is 58.0 Å². The number of hydrogen-bond donors (Lipinski definition) is 1. The predicted molar refractivity (Wildman–Crippen MR) is 115 cm³/mol. The topological polar surface area (TPSA) is 83.7 Å². The molecule has 0 saturated carbocycles. The summed E-state index contributed by atoms with van der Waals surface area (Å²) in [7, 11) is 1.62. The summed E-state index contributed by atoms with van der Waals surface area (Å²) < 4.78 is 17.1. The molecule has 1 aromatic carbocycles. The number of pyridine rings is 1. The molecule has 0 saturated heterocycles. The maximum Gasteiger partial charge on any atom is 0.338 e. The third-order valence-corrected chi connectivity index (χ3v) is 5.92. The molecule has 0 spiro atoms. The molecule has 158 valence electrons. The monoisotopic (exact) mass is 408 g/mol. The maximum atomic E-state index is 13.0. The number of rotatable bonds is 4. The van der Waals surface area contributed by atoms with Crippen LogP contribution in [0.1, 0.15) is 61.4 Å². The van der Waals surface area contributed by atoms with Crippen LogP contribution in [-0.4, -0.2) is 24.7 Å². The van der Waals surface area contributed by atoms with Gasteiger partial charge in [0.05, 0.1) is 30.8 Å². The van der Waals surface area contributed by atoms with Crippen LogP contribution < -0.4 is 15.2 Å². The Bertz CT molecular complexity index is 1010. The van der Waals surface area contributed by atoms with E-state index in [-0.39, 0.29) is 6.61 Å². The number of para-hydroxylation sites is 1. The van der Waals surface area contributed by atoms with Gasteiger partial charge in [-0.15, -0.1) is 0 Å². The Labute approximate surface area is 177 Å². The molecular formula is C24H28N2O4. The van der Waals surface area contributed by atoms with E-state index in [1.165, 1.54) is 0 Å². The van der Waals surface area contributed by atoms with Crippen molar-refractivity contribution < 1.29 is 19.0 Å². The molecule has 1 aliphatic heterocycles. The summed E-state index contributed by atoms with van der Waals surface area (Å²) in [6.07, 6.45) is 5.11. The van der Waals surface area contributed by atoms with Crippen LogP contribution in [0.5, 0.6) is 11.6 Å². The summed E-state index contributed by atoms with van der Waals surface area (Å²) in [4.78, 5) is 17.9. The molecule has 0 radical (unpaired) electrons. The van der Waals surface area contributed by atoms with E-state index in [0.717, 1.165) is 54.5 Å². The van der Waals surface area contributed by atoms with E-state index < -0.39 is 11.9 Å². The van der Waals surface area contributed by atoms with E-state index in [0.29, 0.717) is 28.6 Å². The van der Waals surface area contributed by atoms with Gasteiger partial charge in [-0.05, 0) is 51.2 Å². The first kappa shape index (κ1) is 20.3. The first-order valence-electron chi connectivity index (χ1n) is 10.6. The Morgan fingerprint density at radius 3 is 2.77 bits per heavy atom. The second kappa shape index (κ2) is 8.38. The van der Waals surface area contributed by atoms with E-state index in [4.69, 9.17) is 24.9 Å². The summed E-state index contributed by atoms with van der Waals surface area (Å²) in [5.41, 5.74) is 11.5. The van der Waals surface area contributed by atoms with Gasteiger partial charge in [0.25, 0.3) is 0 Å². The molecule has 2 aliphatic rings. The number of ether oxygens (including phenoxy) is 3. The smallest absolute Gasteiger partial charge is 0.338 e. The van der Waals surface area contributed by atoms with Crippen LogP contribution >= 0.6 is 0 Å². The summed E-state index contributed by atoms with van der Waals surface area (Å²) in [6.45, 7) is 3.85. The van der Waals surface area contributed by atoms with E-state index >= 15 is 0 Å². The Balaban J connectivity index is 1.98. The van der Waals surface area contributed by atoms with Crippen molar-refractivity contribution >= 4 is 11.7 Å². The highest BCUT2D eigenvalue weighted by Crippen LogP contribution is 2.49. The number of esters is 1. The SMILES string of the molecule is CCOC(=O)C1=C(C)Oc2nc3c(c(N)c2[C@H]1c1ccccc1OC)CCCCC3. The highest BCUT2D eigenvalue weighted by atomic mass is 16.5. The van der Waals surface area contributed by atoms with E-state index in [1.54, 1.807) is 21.0 Å². The summed E-state index contributed by atoms with van der Waals surface area (Å²) >= 11 is 0. The molecule has 6 nitrogen and oxygen atoms in total. The van der Waals surface area contributed by atoms with Gasteiger partial charge in [0.15, 0.2) is 0 Å².